The number of ether oxygens (including phenoxy) is 2. The van der Waals surface area contributed by atoms with Gasteiger partial charge in [-0.3, -0.25) is 0 Å². The summed E-state index contributed by atoms with van der Waals surface area (Å²) in [5, 5.41) is 9.29. The Morgan fingerprint density at radius 1 is 0.690 bits per heavy atom. The topological polar surface area (TPSA) is 42.0 Å². The van der Waals surface area contributed by atoms with Crippen molar-refractivity contribution in [2.45, 2.75) is 63.8 Å². The van der Waals surface area contributed by atoms with Crippen molar-refractivity contribution >= 4 is 5.57 Å². The van der Waals surface area contributed by atoms with Gasteiger partial charge < -0.3 is 14.6 Å². The molecule has 0 amide bonds. The predicted molar refractivity (Wildman–Crippen MR) is 144 cm³/mol. The summed E-state index contributed by atoms with van der Waals surface area (Å²) in [4.78, 5) is 0. The number of hydrogen-bond acceptors (Lipinski definition) is 3. The van der Waals surface area contributed by atoms with Crippen LogP contribution in [0.15, 0.2) is 42.5 Å². The average molecular weight is 589 g/mol. The Kier molecular flexibility index (Phi) is 8.07. The molecule has 1 saturated carbocycles. The van der Waals surface area contributed by atoms with Crippen LogP contribution >= 0.6 is 0 Å². The molecule has 3 aromatic rings. The minimum atomic E-state index is -1.53. The fourth-order valence-electron chi connectivity index (χ4n) is 6.41. The van der Waals surface area contributed by atoms with E-state index in [0.29, 0.717) is 30.4 Å². The van der Waals surface area contributed by atoms with Crippen molar-refractivity contribution in [3.8, 4) is 16.9 Å². The number of rotatable bonds is 7. The molecule has 42 heavy (non-hydrogen) atoms. The number of hydrogen-bond donors (Lipinski definition) is 1. The van der Waals surface area contributed by atoms with Crippen LogP contribution in [0.5, 0.6) is 5.75 Å². The maximum Gasteiger partial charge on any atom is 0.200 e. The van der Waals surface area contributed by atoms with Crippen molar-refractivity contribution in [2.24, 2.45) is 11.8 Å². The number of epoxide rings is 1. The van der Waals surface area contributed by atoms with Crippen molar-refractivity contribution in [2.75, 3.05) is 6.61 Å². The molecule has 1 aliphatic heterocycles. The van der Waals surface area contributed by atoms with E-state index in [-0.39, 0.29) is 29.9 Å². The molecule has 6 rings (SSSR count). The zero-order valence-corrected chi connectivity index (χ0v) is 22.7. The van der Waals surface area contributed by atoms with Crippen molar-refractivity contribution < 1.29 is 40.9 Å². The summed E-state index contributed by atoms with van der Waals surface area (Å²) >= 11 is 0. The summed E-state index contributed by atoms with van der Waals surface area (Å²) in [6, 6.07) is 7.60. The van der Waals surface area contributed by atoms with Crippen LogP contribution in [0.3, 0.4) is 0 Å². The Morgan fingerprint density at radius 2 is 1.33 bits per heavy atom. The molecule has 0 spiro atoms. The fourth-order valence-corrected chi connectivity index (χ4v) is 6.41. The van der Waals surface area contributed by atoms with Gasteiger partial charge in [0.1, 0.15) is 6.10 Å². The number of phenols is 1. The zero-order valence-electron chi connectivity index (χ0n) is 22.7. The van der Waals surface area contributed by atoms with Crippen LogP contribution < -0.4 is 0 Å². The van der Waals surface area contributed by atoms with Gasteiger partial charge in [0, 0.05) is 27.8 Å². The lowest BCUT2D eigenvalue weighted by Crippen LogP contribution is -2.27. The van der Waals surface area contributed by atoms with Crippen LogP contribution in [0.2, 0.25) is 0 Å². The lowest BCUT2D eigenvalue weighted by atomic mass is 9.72. The van der Waals surface area contributed by atoms with Gasteiger partial charge in [0.05, 0.1) is 19.3 Å². The molecule has 3 aliphatic rings. The fraction of sp³-hybridized carbons (Fsp3) is 0.394. The molecule has 0 radical (unpaired) electrons. The third kappa shape index (κ3) is 5.56. The van der Waals surface area contributed by atoms with Gasteiger partial charge in [0.25, 0.3) is 0 Å². The van der Waals surface area contributed by atoms with Crippen LogP contribution in [0, 0.1) is 46.7 Å². The second kappa shape index (κ2) is 11.8. The van der Waals surface area contributed by atoms with Crippen LogP contribution in [0.1, 0.15) is 67.7 Å². The Balaban J connectivity index is 1.02. The first-order valence-corrected chi connectivity index (χ1v) is 14.3. The summed E-state index contributed by atoms with van der Waals surface area (Å²) in [7, 11) is 0. The molecule has 1 saturated heterocycles. The molecule has 2 unspecified atom stereocenters. The predicted octanol–water partition coefficient (Wildman–Crippen LogP) is 8.92. The van der Waals surface area contributed by atoms with E-state index in [1.54, 1.807) is 12.1 Å². The Hall–Kier alpha value is -3.30. The molecule has 3 nitrogen and oxygen atoms in total. The van der Waals surface area contributed by atoms with E-state index < -0.39 is 51.8 Å². The molecule has 2 fully saturated rings. The lowest BCUT2D eigenvalue weighted by molar-refractivity contribution is -0.000995. The first-order chi connectivity index (χ1) is 20.2. The monoisotopic (exact) mass is 588 g/mol. The van der Waals surface area contributed by atoms with Crippen molar-refractivity contribution in [3.05, 3.63) is 94.1 Å². The van der Waals surface area contributed by atoms with Gasteiger partial charge >= 0.3 is 0 Å². The second-order valence-electron chi connectivity index (χ2n) is 11.4. The number of halogens is 6. The first-order valence-electron chi connectivity index (χ1n) is 14.3. The minimum absolute atomic E-state index is 0.0238. The molecular weight excluding hydrogens is 558 g/mol. The molecule has 9 heteroatoms. The highest BCUT2D eigenvalue weighted by Crippen LogP contribution is 2.42. The lowest BCUT2D eigenvalue weighted by Gasteiger charge is -2.35. The third-order valence-electron chi connectivity index (χ3n) is 8.96. The van der Waals surface area contributed by atoms with Crippen LogP contribution in [-0.2, 0) is 16.1 Å². The quantitative estimate of drug-likeness (QED) is 0.221. The third-order valence-corrected chi connectivity index (χ3v) is 8.96. The maximum atomic E-state index is 14.8. The summed E-state index contributed by atoms with van der Waals surface area (Å²) in [5.74, 6) is -7.14. The standard InChI is InChI=1S/C33H30F6O3/c34-28-20(7-10-23(30(28)36)24-13-14-26(40)33(39)31(24)37)15-41-21-8-5-18(6-9-21)17-1-3-19(4-2-17)22-11-12-25(27-16-42-27)32(38)29(22)35/h3,7,10-14,17-18,21,27,40H,1-2,4-6,8-9,15-16H2. The van der Waals surface area contributed by atoms with Gasteiger partial charge in [-0.25, -0.2) is 22.0 Å². The summed E-state index contributed by atoms with van der Waals surface area (Å²) in [5.41, 5.74) is 0.470. The van der Waals surface area contributed by atoms with E-state index >= 15 is 0 Å². The number of allylic oxidation sites excluding steroid dienone is 2. The van der Waals surface area contributed by atoms with Crippen molar-refractivity contribution in [1.29, 1.82) is 0 Å². The van der Waals surface area contributed by atoms with E-state index in [0.717, 1.165) is 56.2 Å². The molecule has 2 atom stereocenters. The number of phenolic OH excluding ortho intramolecular Hbond substituents is 1. The van der Waals surface area contributed by atoms with Gasteiger partial charge in [0.2, 0.25) is 5.82 Å². The van der Waals surface area contributed by atoms with E-state index in [2.05, 4.69) is 0 Å². The smallest absolute Gasteiger partial charge is 0.200 e. The Morgan fingerprint density at radius 3 is 2.00 bits per heavy atom. The molecule has 1 heterocycles. The van der Waals surface area contributed by atoms with E-state index in [9.17, 15) is 31.4 Å². The Bertz CT molecular complexity index is 1520. The zero-order chi connectivity index (χ0) is 29.5. The molecule has 3 aromatic carbocycles. The van der Waals surface area contributed by atoms with Crippen LogP contribution in [0.25, 0.3) is 16.7 Å². The molecular formula is C33H30F6O3. The maximum absolute atomic E-state index is 14.8. The average Bonchev–Trinajstić information content (AvgIpc) is 3.85. The summed E-state index contributed by atoms with van der Waals surface area (Å²) in [6.07, 6.45) is 7.30. The highest BCUT2D eigenvalue weighted by Gasteiger charge is 2.32. The largest absolute Gasteiger partial charge is 0.505 e. The summed E-state index contributed by atoms with van der Waals surface area (Å²) in [6.45, 7) is 0.262. The highest BCUT2D eigenvalue weighted by atomic mass is 19.2. The second-order valence-corrected chi connectivity index (χ2v) is 11.4. The molecule has 2 aliphatic carbocycles. The number of benzene rings is 3. The number of aromatic hydroxyl groups is 1. The van der Waals surface area contributed by atoms with Crippen molar-refractivity contribution in [3.63, 3.8) is 0 Å². The minimum Gasteiger partial charge on any atom is -0.505 e. The molecule has 222 valence electrons. The Labute approximate surface area is 239 Å². The highest BCUT2D eigenvalue weighted by molar-refractivity contribution is 5.68. The van der Waals surface area contributed by atoms with E-state index in [1.165, 1.54) is 12.1 Å². The molecule has 0 bridgehead atoms. The van der Waals surface area contributed by atoms with Gasteiger partial charge in [-0.1, -0.05) is 30.3 Å². The summed E-state index contributed by atoms with van der Waals surface area (Å²) < 4.78 is 97.7. The van der Waals surface area contributed by atoms with Crippen LogP contribution in [0.4, 0.5) is 26.3 Å². The van der Waals surface area contributed by atoms with E-state index in [1.807, 2.05) is 6.08 Å². The van der Waals surface area contributed by atoms with Gasteiger partial charge in [-0.15, -0.1) is 0 Å². The SMILES string of the molecule is Oc1ccc(-c2ccc(COC3CCC(C4CC=C(c5ccc(C6CO6)c(F)c5F)CC4)CC3)c(F)c2F)c(F)c1F. The van der Waals surface area contributed by atoms with Crippen LogP contribution in [-0.4, -0.2) is 17.8 Å². The van der Waals surface area contributed by atoms with Gasteiger partial charge in [-0.2, -0.15) is 4.39 Å². The molecule has 0 aromatic heterocycles. The van der Waals surface area contributed by atoms with Gasteiger partial charge in [0.15, 0.2) is 34.8 Å². The first kappa shape index (κ1) is 28.8. The normalized spacial score (nSPS) is 24.0. The molecule has 1 N–H and O–H groups in total. The van der Waals surface area contributed by atoms with Crippen molar-refractivity contribution in [1.82, 2.24) is 0 Å². The van der Waals surface area contributed by atoms with E-state index in [4.69, 9.17) is 9.47 Å². The van der Waals surface area contributed by atoms with Gasteiger partial charge in [-0.05, 0) is 74.5 Å².